The quantitative estimate of drug-likeness (QED) is 0.469. The third-order valence-corrected chi connectivity index (χ3v) is 8.16. The second-order valence-electron chi connectivity index (χ2n) is 10.9. The van der Waals surface area contributed by atoms with Crippen LogP contribution in [0.2, 0.25) is 0 Å². The van der Waals surface area contributed by atoms with Crippen molar-refractivity contribution in [2.45, 2.75) is 63.0 Å². The molecule has 1 spiro atoms. The predicted molar refractivity (Wildman–Crippen MR) is 136 cm³/mol. The zero-order valence-corrected chi connectivity index (χ0v) is 22.5. The molecule has 2 aliphatic carbocycles. The Morgan fingerprint density at radius 3 is 2.52 bits per heavy atom. The summed E-state index contributed by atoms with van der Waals surface area (Å²) in [6.45, 7) is -0.478. The number of carbonyl (C=O) groups is 5. The molecule has 2 unspecified atom stereocenters. The number of ketones is 1. The summed E-state index contributed by atoms with van der Waals surface area (Å²) in [5, 5.41) is 5.09. The molecule has 0 radical (unpaired) electrons. The van der Waals surface area contributed by atoms with Gasteiger partial charge in [-0.1, -0.05) is 18.2 Å². The summed E-state index contributed by atoms with van der Waals surface area (Å²) in [6.07, 6.45) is -1.64. The number of hydrogen-bond acceptors (Lipinski definition) is 6. The summed E-state index contributed by atoms with van der Waals surface area (Å²) < 4.78 is 59.9. The Kier molecular flexibility index (Phi) is 7.58. The first kappa shape index (κ1) is 29.3. The second kappa shape index (κ2) is 10.9. The Balaban J connectivity index is 1.30. The number of benzene rings is 1. The van der Waals surface area contributed by atoms with Gasteiger partial charge in [-0.15, -0.1) is 0 Å². The van der Waals surface area contributed by atoms with Crippen molar-refractivity contribution in [3.05, 3.63) is 59.1 Å². The lowest BCUT2D eigenvalue weighted by molar-refractivity contribution is -0.187. The zero-order chi connectivity index (χ0) is 30.4. The highest BCUT2D eigenvalue weighted by molar-refractivity contribution is 6.05. The smallest absolute Gasteiger partial charge is 0.411 e. The second-order valence-corrected chi connectivity index (χ2v) is 10.9. The van der Waals surface area contributed by atoms with Crippen LogP contribution in [0.3, 0.4) is 0 Å². The van der Waals surface area contributed by atoms with Crippen LogP contribution in [0.1, 0.15) is 38.2 Å². The molecule has 2 aliphatic heterocycles. The van der Waals surface area contributed by atoms with Gasteiger partial charge in [-0.25, -0.2) is 9.18 Å². The minimum absolute atomic E-state index is 0.0425. The van der Waals surface area contributed by atoms with Gasteiger partial charge in [-0.3, -0.25) is 24.1 Å². The molecule has 4 atom stereocenters. The SMILES string of the molecule is CC(N(Cc1ccc(F)cc1)C(=O)CN1C[C@]2(CCC3C(=O)C(NC(=O)[C@@H]4CCC(=O)N4)=CC=C32)OC1=O)C(F)(F)F. The van der Waals surface area contributed by atoms with E-state index < -0.39 is 72.4 Å². The Bertz CT molecular complexity index is 1390. The van der Waals surface area contributed by atoms with E-state index in [-0.39, 0.29) is 43.0 Å². The fourth-order valence-corrected chi connectivity index (χ4v) is 5.81. The highest BCUT2D eigenvalue weighted by Crippen LogP contribution is 2.48. The standard InChI is InChI=1S/C28H28F4N4O6/c1-15(28(30,31)32)36(12-16-2-4-17(29)5-3-16)23(38)13-35-14-27(42-26(35)41)11-10-18-19(27)6-7-20(24(18)39)34-25(40)21-8-9-22(37)33-21/h2-7,15,18,21H,8-14H2,1H3,(H,33,37)(H,34,40)/t15?,18?,21-,27-/m0/s1. The number of rotatable bonds is 7. The number of alkyl halides is 3. The molecule has 4 amide bonds. The fourth-order valence-electron chi connectivity index (χ4n) is 5.81. The van der Waals surface area contributed by atoms with E-state index in [4.69, 9.17) is 4.74 Å². The number of Topliss-reactive ketones (excluding diaryl/α,β-unsaturated/α-hetero) is 1. The molecule has 0 bridgehead atoms. The van der Waals surface area contributed by atoms with E-state index in [1.54, 1.807) is 6.08 Å². The number of nitrogens with one attached hydrogen (secondary N) is 2. The summed E-state index contributed by atoms with van der Waals surface area (Å²) in [6, 6.07) is 1.77. The molecule has 3 fully saturated rings. The minimum Gasteiger partial charge on any atom is -0.436 e. The molecule has 5 rings (SSSR count). The molecule has 2 saturated heterocycles. The monoisotopic (exact) mass is 592 g/mol. The number of nitrogens with zero attached hydrogens (tertiary/aromatic N) is 2. The van der Waals surface area contributed by atoms with Gasteiger partial charge in [0.2, 0.25) is 17.7 Å². The van der Waals surface area contributed by atoms with Crippen LogP contribution in [0.25, 0.3) is 0 Å². The van der Waals surface area contributed by atoms with E-state index in [1.807, 2.05) is 0 Å². The summed E-state index contributed by atoms with van der Waals surface area (Å²) in [4.78, 5) is 64.7. The van der Waals surface area contributed by atoms with Crippen molar-refractivity contribution in [2.75, 3.05) is 13.1 Å². The number of hydrogen-bond donors (Lipinski definition) is 2. The minimum atomic E-state index is -4.75. The third kappa shape index (κ3) is 5.61. The van der Waals surface area contributed by atoms with Gasteiger partial charge in [0, 0.05) is 18.9 Å². The molecule has 2 heterocycles. The van der Waals surface area contributed by atoms with Crippen molar-refractivity contribution in [3.63, 3.8) is 0 Å². The molecule has 2 N–H and O–H groups in total. The van der Waals surface area contributed by atoms with Gasteiger partial charge in [0.1, 0.15) is 24.4 Å². The number of ether oxygens (including phenoxy) is 1. The van der Waals surface area contributed by atoms with Gasteiger partial charge >= 0.3 is 12.3 Å². The highest BCUT2D eigenvalue weighted by atomic mass is 19.4. The Labute approximate surface area is 237 Å². The van der Waals surface area contributed by atoms with Gasteiger partial charge in [0.15, 0.2) is 11.4 Å². The third-order valence-electron chi connectivity index (χ3n) is 8.16. The van der Waals surface area contributed by atoms with Crippen molar-refractivity contribution in [3.8, 4) is 0 Å². The van der Waals surface area contributed by atoms with Gasteiger partial charge < -0.3 is 20.3 Å². The zero-order valence-electron chi connectivity index (χ0n) is 22.5. The summed E-state index contributed by atoms with van der Waals surface area (Å²) in [5.41, 5.74) is -0.452. The molecule has 14 heteroatoms. The van der Waals surface area contributed by atoms with Crippen LogP contribution in [0.15, 0.2) is 47.7 Å². The number of amides is 4. The van der Waals surface area contributed by atoms with E-state index >= 15 is 0 Å². The predicted octanol–water partition coefficient (Wildman–Crippen LogP) is 2.49. The molecule has 10 nitrogen and oxygen atoms in total. The van der Waals surface area contributed by atoms with Gasteiger partial charge in [0.25, 0.3) is 0 Å². The fraction of sp³-hybridized carbons (Fsp3) is 0.464. The molecule has 4 aliphatic rings. The van der Waals surface area contributed by atoms with Gasteiger partial charge in [-0.2, -0.15) is 13.2 Å². The maximum Gasteiger partial charge on any atom is 0.411 e. The van der Waals surface area contributed by atoms with Crippen molar-refractivity contribution in [1.29, 1.82) is 0 Å². The van der Waals surface area contributed by atoms with Crippen LogP contribution >= 0.6 is 0 Å². The average molecular weight is 593 g/mol. The van der Waals surface area contributed by atoms with E-state index in [2.05, 4.69) is 10.6 Å². The van der Waals surface area contributed by atoms with Crippen molar-refractivity contribution < 1.29 is 46.3 Å². The summed E-state index contributed by atoms with van der Waals surface area (Å²) >= 11 is 0. The van der Waals surface area contributed by atoms with Crippen molar-refractivity contribution in [1.82, 2.24) is 20.4 Å². The van der Waals surface area contributed by atoms with E-state index in [9.17, 15) is 41.5 Å². The molecule has 1 aromatic rings. The molecule has 0 aromatic heterocycles. The van der Waals surface area contributed by atoms with Crippen LogP contribution in [0.4, 0.5) is 22.4 Å². The van der Waals surface area contributed by atoms with Crippen LogP contribution in [0.5, 0.6) is 0 Å². The average Bonchev–Trinajstić information content (AvgIpc) is 3.61. The van der Waals surface area contributed by atoms with Crippen LogP contribution in [-0.2, 0) is 30.5 Å². The topological polar surface area (TPSA) is 125 Å². The van der Waals surface area contributed by atoms with Crippen LogP contribution < -0.4 is 10.6 Å². The maximum absolute atomic E-state index is 13.6. The van der Waals surface area contributed by atoms with Gasteiger partial charge in [-0.05, 0) is 55.5 Å². The Morgan fingerprint density at radius 1 is 1.17 bits per heavy atom. The number of allylic oxidation sites excluding steroid dienone is 3. The largest absolute Gasteiger partial charge is 0.436 e. The molecule has 1 aromatic carbocycles. The van der Waals surface area contributed by atoms with Crippen molar-refractivity contribution in [2.24, 2.45) is 5.92 Å². The number of fused-ring (bicyclic) bond motifs is 2. The molecule has 42 heavy (non-hydrogen) atoms. The van der Waals surface area contributed by atoms with Gasteiger partial charge in [0.05, 0.1) is 12.2 Å². The lowest BCUT2D eigenvalue weighted by Gasteiger charge is -2.32. The van der Waals surface area contributed by atoms with Crippen LogP contribution in [-0.4, -0.2) is 76.3 Å². The molecular weight excluding hydrogens is 564 g/mol. The first-order valence-corrected chi connectivity index (χ1v) is 13.4. The summed E-state index contributed by atoms with van der Waals surface area (Å²) in [7, 11) is 0. The van der Waals surface area contributed by atoms with E-state index in [1.165, 1.54) is 18.2 Å². The van der Waals surface area contributed by atoms with E-state index in [0.29, 0.717) is 16.9 Å². The number of halogens is 4. The normalized spacial score (nSPS) is 25.9. The Hall–Kier alpha value is -4.23. The molecule has 1 saturated carbocycles. The van der Waals surface area contributed by atoms with E-state index in [0.717, 1.165) is 24.0 Å². The lowest BCUT2D eigenvalue weighted by atomic mass is 9.85. The molecule has 224 valence electrons. The first-order chi connectivity index (χ1) is 19.8. The summed E-state index contributed by atoms with van der Waals surface area (Å²) in [5.74, 6) is -3.42. The number of carbonyl (C=O) groups excluding carboxylic acids is 5. The van der Waals surface area contributed by atoms with Crippen LogP contribution in [0, 0.1) is 11.7 Å². The Morgan fingerprint density at radius 2 is 1.88 bits per heavy atom. The highest BCUT2D eigenvalue weighted by Gasteiger charge is 2.56. The lowest BCUT2D eigenvalue weighted by Crippen LogP contribution is -2.50. The van der Waals surface area contributed by atoms with Crippen molar-refractivity contribution >= 4 is 29.6 Å². The molecular formula is C28H28F4N4O6. The maximum atomic E-state index is 13.6. The first-order valence-electron chi connectivity index (χ1n) is 13.4.